The minimum atomic E-state index is -0.227. The van der Waals surface area contributed by atoms with Crippen molar-refractivity contribution in [1.82, 2.24) is 9.88 Å². The first-order valence-corrected chi connectivity index (χ1v) is 12.1. The van der Waals surface area contributed by atoms with Crippen LogP contribution in [0.1, 0.15) is 32.0 Å². The van der Waals surface area contributed by atoms with Crippen LogP contribution in [-0.2, 0) is 6.61 Å². The van der Waals surface area contributed by atoms with Gasteiger partial charge in [-0.15, -0.1) is 11.3 Å². The molecule has 8 heteroatoms. The second kappa shape index (κ2) is 9.98. The summed E-state index contributed by atoms with van der Waals surface area (Å²) < 4.78 is 5.74. The highest BCUT2D eigenvalue weighted by molar-refractivity contribution is 7.99. The van der Waals surface area contributed by atoms with Crippen LogP contribution >= 0.6 is 23.1 Å². The number of nitrogens with zero attached hydrogens (tertiary/aromatic N) is 2. The van der Waals surface area contributed by atoms with E-state index in [1.807, 2.05) is 41.1 Å². The molecule has 3 aromatic rings. The fourth-order valence-electron chi connectivity index (χ4n) is 3.27. The number of nitrogens with one attached hydrogen (secondary N) is 1. The molecule has 6 nitrogen and oxygen atoms in total. The van der Waals surface area contributed by atoms with Crippen molar-refractivity contribution in [1.29, 1.82) is 0 Å². The lowest BCUT2D eigenvalue weighted by Crippen LogP contribution is -2.37. The van der Waals surface area contributed by atoms with Crippen LogP contribution in [0, 0.1) is 6.92 Å². The Morgan fingerprint density at radius 2 is 1.97 bits per heavy atom. The van der Waals surface area contributed by atoms with E-state index in [0.717, 1.165) is 35.9 Å². The molecule has 4 rings (SSSR count). The highest BCUT2D eigenvalue weighted by Crippen LogP contribution is 2.21. The zero-order valence-electron chi connectivity index (χ0n) is 17.2. The largest absolute Gasteiger partial charge is 0.487 e. The van der Waals surface area contributed by atoms with Crippen molar-refractivity contribution in [3.05, 3.63) is 75.7 Å². The van der Waals surface area contributed by atoms with Gasteiger partial charge in [0.1, 0.15) is 12.4 Å². The van der Waals surface area contributed by atoms with Gasteiger partial charge in [-0.1, -0.05) is 6.07 Å². The monoisotopic (exact) mass is 453 g/mol. The third kappa shape index (κ3) is 5.45. The Morgan fingerprint density at radius 1 is 1.13 bits per heavy atom. The number of carbonyl (C=O) groups is 2. The van der Waals surface area contributed by atoms with E-state index in [4.69, 9.17) is 4.74 Å². The van der Waals surface area contributed by atoms with Crippen molar-refractivity contribution in [2.75, 3.05) is 29.9 Å². The molecule has 1 aromatic heterocycles. The molecule has 0 radical (unpaired) electrons. The van der Waals surface area contributed by atoms with E-state index < -0.39 is 0 Å². The molecule has 1 aliphatic heterocycles. The lowest BCUT2D eigenvalue weighted by molar-refractivity contribution is 0.0772. The summed E-state index contributed by atoms with van der Waals surface area (Å²) in [5.41, 5.74) is 5.30. The van der Waals surface area contributed by atoms with E-state index in [2.05, 4.69) is 10.3 Å². The lowest BCUT2D eigenvalue weighted by atomic mass is 10.1. The normalized spacial score (nSPS) is 13.6. The SMILES string of the molecule is Cc1cc(C(=O)N2CCSCC2)ccc1NC(=O)c1cccc(OCc2cscn2)c1. The molecule has 0 aliphatic carbocycles. The molecule has 0 bridgehead atoms. The molecule has 0 spiro atoms. The molecule has 2 heterocycles. The number of thiazole rings is 1. The minimum absolute atomic E-state index is 0.0474. The van der Waals surface area contributed by atoms with Crippen molar-refractivity contribution in [3.63, 3.8) is 0 Å². The van der Waals surface area contributed by atoms with Crippen molar-refractivity contribution in [2.45, 2.75) is 13.5 Å². The van der Waals surface area contributed by atoms with Gasteiger partial charge in [-0.2, -0.15) is 11.8 Å². The van der Waals surface area contributed by atoms with Crippen LogP contribution in [0.3, 0.4) is 0 Å². The molecule has 2 amide bonds. The molecule has 31 heavy (non-hydrogen) atoms. The van der Waals surface area contributed by atoms with Gasteiger partial charge in [-0.25, -0.2) is 4.98 Å². The molecule has 0 unspecified atom stereocenters. The fourth-order valence-corrected chi connectivity index (χ4v) is 4.72. The molecule has 1 aliphatic rings. The van der Waals surface area contributed by atoms with Crippen LogP contribution in [0.5, 0.6) is 5.75 Å². The Bertz CT molecular complexity index is 1060. The van der Waals surface area contributed by atoms with Gasteiger partial charge in [0.25, 0.3) is 11.8 Å². The van der Waals surface area contributed by atoms with Crippen LogP contribution < -0.4 is 10.1 Å². The predicted molar refractivity (Wildman–Crippen MR) is 125 cm³/mol. The molecule has 0 saturated carbocycles. The second-order valence-electron chi connectivity index (χ2n) is 7.18. The van der Waals surface area contributed by atoms with Crippen molar-refractivity contribution in [3.8, 4) is 5.75 Å². The molecule has 1 fully saturated rings. The van der Waals surface area contributed by atoms with Gasteiger partial charge >= 0.3 is 0 Å². The fraction of sp³-hybridized carbons (Fsp3) is 0.261. The number of ether oxygens (including phenoxy) is 1. The summed E-state index contributed by atoms with van der Waals surface area (Å²) in [5.74, 6) is 2.38. The molecule has 0 atom stereocenters. The van der Waals surface area contributed by atoms with E-state index in [9.17, 15) is 9.59 Å². The van der Waals surface area contributed by atoms with Gasteiger partial charge in [-0.05, 0) is 48.9 Å². The van der Waals surface area contributed by atoms with Crippen LogP contribution in [0.2, 0.25) is 0 Å². The second-order valence-corrected chi connectivity index (χ2v) is 9.13. The summed E-state index contributed by atoms with van der Waals surface area (Å²) in [6.45, 7) is 3.81. The average molecular weight is 454 g/mol. The third-order valence-corrected chi connectivity index (χ3v) is 6.56. The minimum Gasteiger partial charge on any atom is -0.487 e. The van der Waals surface area contributed by atoms with E-state index in [1.165, 1.54) is 11.3 Å². The lowest BCUT2D eigenvalue weighted by Gasteiger charge is -2.26. The van der Waals surface area contributed by atoms with Crippen LogP contribution in [0.25, 0.3) is 0 Å². The number of aryl methyl sites for hydroxylation is 1. The van der Waals surface area contributed by atoms with Crippen molar-refractivity contribution >= 4 is 40.6 Å². The molecule has 1 N–H and O–H groups in total. The predicted octanol–water partition coefficient (Wildman–Crippen LogP) is 4.47. The summed E-state index contributed by atoms with van der Waals surface area (Å²) in [6.07, 6.45) is 0. The Kier molecular flexibility index (Phi) is 6.89. The van der Waals surface area contributed by atoms with Crippen LogP contribution in [0.15, 0.2) is 53.4 Å². The van der Waals surface area contributed by atoms with E-state index in [1.54, 1.807) is 35.8 Å². The van der Waals surface area contributed by atoms with Crippen LogP contribution in [-0.4, -0.2) is 46.3 Å². The van der Waals surface area contributed by atoms with Gasteiger partial charge in [-0.3, -0.25) is 9.59 Å². The number of aromatic nitrogens is 1. The first-order valence-electron chi connectivity index (χ1n) is 9.99. The third-order valence-electron chi connectivity index (χ3n) is 4.99. The van der Waals surface area contributed by atoms with Gasteiger partial charge in [0.05, 0.1) is 11.2 Å². The summed E-state index contributed by atoms with van der Waals surface area (Å²) in [5, 5.41) is 4.86. The number of thioether (sulfide) groups is 1. The van der Waals surface area contributed by atoms with Crippen molar-refractivity contribution < 1.29 is 14.3 Å². The Hall–Kier alpha value is -2.84. The Morgan fingerprint density at radius 3 is 2.71 bits per heavy atom. The standard InChI is InChI=1S/C23H23N3O3S2/c1-16-11-18(23(28)26-7-9-30-10-8-26)5-6-21(16)25-22(27)17-3-2-4-20(12-17)29-13-19-14-31-15-24-19/h2-6,11-12,14-15H,7-10,13H2,1H3,(H,25,27). The Labute approximate surface area is 189 Å². The summed E-state index contributed by atoms with van der Waals surface area (Å²) in [7, 11) is 0. The number of amides is 2. The molecule has 1 saturated heterocycles. The average Bonchev–Trinajstić information content (AvgIpc) is 3.33. The highest BCUT2D eigenvalue weighted by Gasteiger charge is 2.19. The quantitative estimate of drug-likeness (QED) is 0.596. The number of hydrogen-bond acceptors (Lipinski definition) is 6. The van der Waals surface area contributed by atoms with E-state index in [0.29, 0.717) is 29.2 Å². The maximum atomic E-state index is 12.8. The van der Waals surface area contributed by atoms with E-state index in [-0.39, 0.29) is 11.8 Å². The number of anilines is 1. The number of carbonyl (C=O) groups excluding carboxylic acids is 2. The van der Waals surface area contributed by atoms with Gasteiger partial charge in [0.2, 0.25) is 0 Å². The summed E-state index contributed by atoms with van der Waals surface area (Å²) in [4.78, 5) is 31.5. The van der Waals surface area contributed by atoms with Crippen LogP contribution in [0.4, 0.5) is 5.69 Å². The molecule has 2 aromatic carbocycles. The maximum absolute atomic E-state index is 12.8. The first-order chi connectivity index (χ1) is 15.1. The molecule has 160 valence electrons. The Balaban J connectivity index is 1.41. The number of rotatable bonds is 6. The van der Waals surface area contributed by atoms with Gasteiger partial charge in [0, 0.05) is 46.8 Å². The smallest absolute Gasteiger partial charge is 0.255 e. The zero-order chi connectivity index (χ0) is 21.6. The molecular formula is C23H23N3O3S2. The topological polar surface area (TPSA) is 71.5 Å². The van der Waals surface area contributed by atoms with Gasteiger partial charge < -0.3 is 15.0 Å². The maximum Gasteiger partial charge on any atom is 0.255 e. The first kappa shape index (κ1) is 21.4. The van der Waals surface area contributed by atoms with E-state index >= 15 is 0 Å². The highest BCUT2D eigenvalue weighted by atomic mass is 32.2. The zero-order valence-corrected chi connectivity index (χ0v) is 18.8. The summed E-state index contributed by atoms with van der Waals surface area (Å²) in [6, 6.07) is 12.5. The van der Waals surface area contributed by atoms with Crippen molar-refractivity contribution in [2.24, 2.45) is 0 Å². The number of hydrogen-bond donors (Lipinski definition) is 1. The summed E-state index contributed by atoms with van der Waals surface area (Å²) >= 11 is 3.39. The molecular weight excluding hydrogens is 430 g/mol. The number of benzene rings is 2. The van der Waals surface area contributed by atoms with Gasteiger partial charge in [0.15, 0.2) is 0 Å².